The summed E-state index contributed by atoms with van der Waals surface area (Å²) < 4.78 is 0.708. The Morgan fingerprint density at radius 1 is 1.50 bits per heavy atom. The van der Waals surface area contributed by atoms with Gasteiger partial charge in [0.15, 0.2) is 0 Å². The number of hydrogen-bond acceptors (Lipinski definition) is 1. The molecule has 1 saturated carbocycles. The molecule has 0 aromatic carbocycles. The molecule has 36 valence electrons. The fraction of sp³-hybridized carbons (Fsp3) is 1.00. The van der Waals surface area contributed by atoms with E-state index in [-0.39, 0.29) is 0 Å². The lowest BCUT2D eigenvalue weighted by Crippen LogP contribution is -1.88. The van der Waals surface area contributed by atoms with E-state index in [1.165, 1.54) is 12.8 Å². The molecule has 1 aliphatic carbocycles. The van der Waals surface area contributed by atoms with Gasteiger partial charge in [-0.05, 0) is 19.1 Å². The second kappa shape index (κ2) is 1.16. The SMILES string of the molecule is CSC1(C)CC1. The first-order valence-corrected chi connectivity index (χ1v) is 3.54. The second-order valence-corrected chi connectivity index (χ2v) is 3.55. The van der Waals surface area contributed by atoms with Crippen LogP contribution in [0, 0.1) is 0 Å². The summed E-state index contributed by atoms with van der Waals surface area (Å²) in [5.74, 6) is 0. The third-order valence-corrected chi connectivity index (χ3v) is 2.84. The molecule has 1 fully saturated rings. The largest absolute Gasteiger partial charge is 0.159 e. The van der Waals surface area contributed by atoms with Crippen LogP contribution in [0.4, 0.5) is 0 Å². The zero-order chi connectivity index (χ0) is 4.62. The highest BCUT2D eigenvalue weighted by Gasteiger charge is 2.35. The van der Waals surface area contributed by atoms with Gasteiger partial charge in [-0.25, -0.2) is 0 Å². The van der Waals surface area contributed by atoms with Gasteiger partial charge >= 0.3 is 0 Å². The third kappa shape index (κ3) is 0.700. The first-order chi connectivity index (χ1) is 2.77. The predicted molar refractivity (Wildman–Crippen MR) is 31.2 cm³/mol. The van der Waals surface area contributed by atoms with Crippen LogP contribution < -0.4 is 0 Å². The van der Waals surface area contributed by atoms with E-state index in [1.54, 1.807) is 0 Å². The van der Waals surface area contributed by atoms with Crippen LogP contribution in [0.2, 0.25) is 0 Å². The summed E-state index contributed by atoms with van der Waals surface area (Å²) in [7, 11) is 0. The van der Waals surface area contributed by atoms with Gasteiger partial charge in [0.2, 0.25) is 0 Å². The normalized spacial score (nSPS) is 27.0. The highest BCUT2D eigenvalue weighted by atomic mass is 32.2. The zero-order valence-corrected chi connectivity index (χ0v) is 5.14. The Hall–Kier alpha value is 0.350. The lowest BCUT2D eigenvalue weighted by molar-refractivity contribution is 1.06. The molecule has 0 aromatic heterocycles. The van der Waals surface area contributed by atoms with E-state index < -0.39 is 0 Å². The minimum atomic E-state index is 0.708. The summed E-state index contributed by atoms with van der Waals surface area (Å²) in [4.78, 5) is 0. The van der Waals surface area contributed by atoms with Crippen molar-refractivity contribution in [3.63, 3.8) is 0 Å². The fourth-order valence-electron chi connectivity index (χ4n) is 0.380. The van der Waals surface area contributed by atoms with Crippen molar-refractivity contribution in [3.05, 3.63) is 0 Å². The lowest BCUT2D eigenvalue weighted by atomic mass is 10.5. The van der Waals surface area contributed by atoms with Crippen LogP contribution in [-0.2, 0) is 0 Å². The number of hydrogen-bond donors (Lipinski definition) is 0. The fourth-order valence-corrected chi connectivity index (χ4v) is 0.890. The van der Waals surface area contributed by atoms with E-state index in [0.29, 0.717) is 4.75 Å². The Labute approximate surface area is 43.3 Å². The lowest BCUT2D eigenvalue weighted by Gasteiger charge is -1.96. The minimum Gasteiger partial charge on any atom is -0.159 e. The highest BCUT2D eigenvalue weighted by molar-refractivity contribution is 8.00. The molecule has 0 atom stereocenters. The Kier molecular flexibility index (Phi) is 0.870. The molecule has 0 aliphatic heterocycles. The summed E-state index contributed by atoms with van der Waals surface area (Å²) in [6.45, 7) is 2.32. The van der Waals surface area contributed by atoms with Crippen molar-refractivity contribution < 1.29 is 0 Å². The van der Waals surface area contributed by atoms with Crippen molar-refractivity contribution in [2.24, 2.45) is 0 Å². The van der Waals surface area contributed by atoms with Crippen LogP contribution in [0.5, 0.6) is 0 Å². The second-order valence-electron chi connectivity index (χ2n) is 2.15. The summed E-state index contributed by atoms with van der Waals surface area (Å²) in [6.07, 6.45) is 5.06. The van der Waals surface area contributed by atoms with Crippen LogP contribution in [0.25, 0.3) is 0 Å². The minimum absolute atomic E-state index is 0.708. The van der Waals surface area contributed by atoms with Crippen LogP contribution in [0.3, 0.4) is 0 Å². The molecule has 0 amide bonds. The van der Waals surface area contributed by atoms with Gasteiger partial charge in [0.1, 0.15) is 0 Å². The van der Waals surface area contributed by atoms with Crippen molar-refractivity contribution in [1.82, 2.24) is 0 Å². The molecule has 6 heavy (non-hydrogen) atoms. The van der Waals surface area contributed by atoms with E-state index in [0.717, 1.165) is 0 Å². The maximum atomic E-state index is 2.32. The van der Waals surface area contributed by atoms with Gasteiger partial charge in [0, 0.05) is 4.75 Å². The molecule has 0 N–H and O–H groups in total. The van der Waals surface area contributed by atoms with Crippen molar-refractivity contribution in [3.8, 4) is 0 Å². The first-order valence-electron chi connectivity index (χ1n) is 2.32. The van der Waals surface area contributed by atoms with Gasteiger partial charge in [-0.2, -0.15) is 11.8 Å². The molecular formula is C5H10S. The van der Waals surface area contributed by atoms with E-state index in [9.17, 15) is 0 Å². The summed E-state index contributed by atoms with van der Waals surface area (Å²) in [5.41, 5.74) is 0. The molecule has 0 bridgehead atoms. The van der Waals surface area contributed by atoms with E-state index in [4.69, 9.17) is 0 Å². The van der Waals surface area contributed by atoms with Crippen molar-refractivity contribution >= 4 is 11.8 Å². The Bertz CT molecular complexity index is 55.0. The van der Waals surface area contributed by atoms with Gasteiger partial charge in [-0.1, -0.05) is 6.92 Å². The van der Waals surface area contributed by atoms with Crippen molar-refractivity contribution in [2.75, 3.05) is 6.26 Å². The molecule has 1 aliphatic rings. The molecule has 0 saturated heterocycles. The van der Waals surface area contributed by atoms with Crippen molar-refractivity contribution in [1.29, 1.82) is 0 Å². The monoisotopic (exact) mass is 102 g/mol. The topological polar surface area (TPSA) is 0 Å². The Morgan fingerprint density at radius 2 is 2.00 bits per heavy atom. The number of rotatable bonds is 1. The van der Waals surface area contributed by atoms with Crippen molar-refractivity contribution in [2.45, 2.75) is 24.5 Å². The molecule has 0 radical (unpaired) electrons. The predicted octanol–water partition coefficient (Wildman–Crippen LogP) is 1.90. The van der Waals surface area contributed by atoms with Gasteiger partial charge < -0.3 is 0 Å². The van der Waals surface area contributed by atoms with E-state index in [2.05, 4.69) is 13.2 Å². The molecule has 0 aromatic rings. The average Bonchev–Trinajstić information content (AvgIpc) is 2.22. The molecule has 1 rings (SSSR count). The molecule has 0 heterocycles. The summed E-state index contributed by atoms with van der Waals surface area (Å²) in [6, 6.07) is 0. The van der Waals surface area contributed by atoms with Crippen LogP contribution in [0.15, 0.2) is 0 Å². The molecule has 0 unspecified atom stereocenters. The molecule has 1 heteroatoms. The Balaban J connectivity index is 2.28. The van der Waals surface area contributed by atoms with E-state index in [1.807, 2.05) is 11.8 Å². The first kappa shape index (κ1) is 4.51. The van der Waals surface area contributed by atoms with E-state index >= 15 is 0 Å². The molecule has 0 spiro atoms. The third-order valence-electron chi connectivity index (χ3n) is 1.45. The quantitative estimate of drug-likeness (QED) is 0.487. The van der Waals surface area contributed by atoms with Gasteiger partial charge in [-0.15, -0.1) is 0 Å². The van der Waals surface area contributed by atoms with Crippen LogP contribution in [0.1, 0.15) is 19.8 Å². The summed E-state index contributed by atoms with van der Waals surface area (Å²) >= 11 is 1.99. The average molecular weight is 102 g/mol. The highest BCUT2D eigenvalue weighted by Crippen LogP contribution is 2.46. The zero-order valence-electron chi connectivity index (χ0n) is 4.32. The maximum Gasteiger partial charge on any atom is 0.0130 e. The summed E-state index contributed by atoms with van der Waals surface area (Å²) in [5, 5.41) is 0. The molecule has 0 nitrogen and oxygen atoms in total. The van der Waals surface area contributed by atoms with Gasteiger partial charge in [0.05, 0.1) is 0 Å². The van der Waals surface area contributed by atoms with Crippen LogP contribution >= 0.6 is 11.8 Å². The number of thioether (sulfide) groups is 1. The standard InChI is InChI=1S/C5H10S/c1-5(6-2)3-4-5/h3-4H2,1-2H3. The smallest absolute Gasteiger partial charge is 0.0130 e. The maximum absolute atomic E-state index is 2.32. The van der Waals surface area contributed by atoms with Gasteiger partial charge in [0.25, 0.3) is 0 Å². The Morgan fingerprint density at radius 3 is 2.00 bits per heavy atom. The molecular weight excluding hydrogens is 92.1 g/mol. The van der Waals surface area contributed by atoms with Crippen LogP contribution in [-0.4, -0.2) is 11.0 Å². The van der Waals surface area contributed by atoms with Gasteiger partial charge in [-0.3, -0.25) is 0 Å².